The van der Waals surface area contributed by atoms with Crippen molar-refractivity contribution >= 4 is 0 Å². The summed E-state index contributed by atoms with van der Waals surface area (Å²) < 4.78 is 0. The maximum absolute atomic E-state index is 4.31. The third-order valence-electron chi connectivity index (χ3n) is 2.31. The molecular formula is C12H21N3. The van der Waals surface area contributed by atoms with Gasteiger partial charge in [-0.2, -0.15) is 0 Å². The number of rotatable bonds is 6. The molecule has 15 heavy (non-hydrogen) atoms. The van der Waals surface area contributed by atoms with Crippen LogP contribution in [-0.4, -0.2) is 16.5 Å². The van der Waals surface area contributed by atoms with Gasteiger partial charge in [0.1, 0.15) is 6.33 Å². The second-order valence-corrected chi connectivity index (χ2v) is 4.27. The van der Waals surface area contributed by atoms with Crippen molar-refractivity contribution in [2.24, 2.45) is 5.92 Å². The van der Waals surface area contributed by atoms with Crippen LogP contribution in [0.3, 0.4) is 0 Å². The smallest absolute Gasteiger partial charge is 0.115 e. The first kappa shape index (κ1) is 12.1. The predicted octanol–water partition coefficient (Wildman–Crippen LogP) is 2.56. The molecule has 0 radical (unpaired) electrons. The van der Waals surface area contributed by atoms with Gasteiger partial charge in [-0.25, -0.2) is 9.97 Å². The molecule has 0 saturated carbocycles. The van der Waals surface area contributed by atoms with Gasteiger partial charge in [-0.05, 0) is 31.4 Å². The third kappa shape index (κ3) is 4.38. The number of nitrogens with one attached hydrogen (secondary N) is 1. The van der Waals surface area contributed by atoms with E-state index < -0.39 is 0 Å². The van der Waals surface area contributed by atoms with Gasteiger partial charge in [-0.3, -0.25) is 0 Å². The number of aromatic nitrogens is 2. The van der Waals surface area contributed by atoms with E-state index in [2.05, 4.69) is 36.1 Å². The normalized spacial score (nSPS) is 13.1. The first-order valence-corrected chi connectivity index (χ1v) is 5.73. The van der Waals surface area contributed by atoms with E-state index in [9.17, 15) is 0 Å². The largest absolute Gasteiger partial charge is 0.309 e. The topological polar surface area (TPSA) is 37.8 Å². The lowest BCUT2D eigenvalue weighted by atomic mass is 10.0. The van der Waals surface area contributed by atoms with Crippen LogP contribution in [0.25, 0.3) is 0 Å². The molecule has 1 heterocycles. The van der Waals surface area contributed by atoms with Crippen molar-refractivity contribution in [1.82, 2.24) is 15.3 Å². The van der Waals surface area contributed by atoms with E-state index in [1.807, 2.05) is 12.3 Å². The molecule has 1 unspecified atom stereocenters. The average molecular weight is 207 g/mol. The highest BCUT2D eigenvalue weighted by Crippen LogP contribution is 2.18. The van der Waals surface area contributed by atoms with Crippen LogP contribution in [-0.2, 0) is 0 Å². The molecule has 1 aromatic heterocycles. The first-order valence-electron chi connectivity index (χ1n) is 5.73. The van der Waals surface area contributed by atoms with Crippen LogP contribution >= 0.6 is 0 Å². The molecule has 1 atom stereocenters. The summed E-state index contributed by atoms with van der Waals surface area (Å²) in [6, 6.07) is 2.36. The Morgan fingerprint density at radius 1 is 1.40 bits per heavy atom. The van der Waals surface area contributed by atoms with Crippen molar-refractivity contribution in [3.8, 4) is 0 Å². The second kappa shape index (κ2) is 6.51. The van der Waals surface area contributed by atoms with E-state index in [-0.39, 0.29) is 0 Å². The Morgan fingerprint density at radius 2 is 2.20 bits per heavy atom. The van der Waals surface area contributed by atoms with E-state index >= 15 is 0 Å². The Hall–Kier alpha value is -0.960. The maximum atomic E-state index is 4.31. The summed E-state index contributed by atoms with van der Waals surface area (Å²) >= 11 is 0. The fourth-order valence-corrected chi connectivity index (χ4v) is 1.61. The highest BCUT2D eigenvalue weighted by molar-refractivity contribution is 5.04. The Kier molecular flexibility index (Phi) is 5.26. The summed E-state index contributed by atoms with van der Waals surface area (Å²) in [5, 5.41) is 3.53. The van der Waals surface area contributed by atoms with Crippen molar-refractivity contribution in [3.05, 3.63) is 24.3 Å². The van der Waals surface area contributed by atoms with Gasteiger partial charge in [0.25, 0.3) is 0 Å². The summed E-state index contributed by atoms with van der Waals surface area (Å²) in [5.74, 6) is 0.675. The van der Waals surface area contributed by atoms with Gasteiger partial charge in [-0.1, -0.05) is 20.8 Å². The third-order valence-corrected chi connectivity index (χ3v) is 2.31. The van der Waals surface area contributed by atoms with Crippen LogP contribution in [0.2, 0.25) is 0 Å². The molecule has 3 heteroatoms. The Labute approximate surface area is 92.3 Å². The molecule has 0 fully saturated rings. The zero-order chi connectivity index (χ0) is 11.1. The van der Waals surface area contributed by atoms with Crippen LogP contribution in [0, 0.1) is 5.92 Å². The zero-order valence-electron chi connectivity index (χ0n) is 9.90. The van der Waals surface area contributed by atoms with Crippen LogP contribution in [0.4, 0.5) is 0 Å². The summed E-state index contributed by atoms with van der Waals surface area (Å²) in [6.07, 6.45) is 5.70. The standard InChI is InChI=1S/C12H21N3/c1-4-6-14-12(8-10(2)3)11-5-7-13-9-15-11/h5,7,9-10,12,14H,4,6,8H2,1-3H3. The van der Waals surface area contributed by atoms with Gasteiger partial charge in [0.05, 0.1) is 5.69 Å². The van der Waals surface area contributed by atoms with Gasteiger partial charge in [-0.15, -0.1) is 0 Å². The summed E-state index contributed by atoms with van der Waals surface area (Å²) in [7, 11) is 0. The fraction of sp³-hybridized carbons (Fsp3) is 0.667. The van der Waals surface area contributed by atoms with E-state index in [1.165, 1.54) is 0 Å². The zero-order valence-corrected chi connectivity index (χ0v) is 9.90. The minimum Gasteiger partial charge on any atom is -0.309 e. The minimum absolute atomic E-state index is 0.368. The van der Waals surface area contributed by atoms with Gasteiger partial charge in [0, 0.05) is 12.2 Å². The van der Waals surface area contributed by atoms with Gasteiger partial charge in [0.2, 0.25) is 0 Å². The molecule has 0 spiro atoms. The van der Waals surface area contributed by atoms with Crippen molar-refractivity contribution < 1.29 is 0 Å². The molecule has 0 aliphatic heterocycles. The molecule has 1 rings (SSSR count). The van der Waals surface area contributed by atoms with E-state index in [0.29, 0.717) is 12.0 Å². The summed E-state index contributed by atoms with van der Waals surface area (Å²) in [6.45, 7) is 7.70. The highest BCUT2D eigenvalue weighted by Gasteiger charge is 2.13. The van der Waals surface area contributed by atoms with Gasteiger partial charge >= 0.3 is 0 Å². The molecule has 0 saturated heterocycles. The first-order chi connectivity index (χ1) is 7.24. The summed E-state index contributed by atoms with van der Waals surface area (Å²) in [4.78, 5) is 8.26. The molecule has 3 nitrogen and oxygen atoms in total. The molecule has 1 N–H and O–H groups in total. The molecular weight excluding hydrogens is 186 g/mol. The molecule has 0 aromatic carbocycles. The van der Waals surface area contributed by atoms with E-state index in [1.54, 1.807) is 6.33 Å². The molecule has 0 aliphatic rings. The maximum Gasteiger partial charge on any atom is 0.115 e. The van der Waals surface area contributed by atoms with Gasteiger partial charge < -0.3 is 5.32 Å². The fourth-order valence-electron chi connectivity index (χ4n) is 1.61. The number of hydrogen-bond donors (Lipinski definition) is 1. The average Bonchev–Trinajstić information content (AvgIpc) is 2.25. The lowest BCUT2D eigenvalue weighted by Crippen LogP contribution is -2.24. The summed E-state index contributed by atoms with van der Waals surface area (Å²) in [5.41, 5.74) is 1.10. The quantitative estimate of drug-likeness (QED) is 0.779. The van der Waals surface area contributed by atoms with Crippen molar-refractivity contribution in [1.29, 1.82) is 0 Å². The lowest BCUT2D eigenvalue weighted by Gasteiger charge is -2.19. The predicted molar refractivity (Wildman–Crippen MR) is 62.5 cm³/mol. The van der Waals surface area contributed by atoms with Crippen LogP contribution in [0.5, 0.6) is 0 Å². The van der Waals surface area contributed by atoms with Crippen molar-refractivity contribution in [2.45, 2.75) is 39.7 Å². The Balaban J connectivity index is 2.63. The van der Waals surface area contributed by atoms with Crippen molar-refractivity contribution in [2.75, 3.05) is 6.54 Å². The monoisotopic (exact) mass is 207 g/mol. The minimum atomic E-state index is 0.368. The SMILES string of the molecule is CCCNC(CC(C)C)c1ccncn1. The molecule has 0 bridgehead atoms. The Morgan fingerprint density at radius 3 is 2.73 bits per heavy atom. The number of nitrogens with zero attached hydrogens (tertiary/aromatic N) is 2. The molecule has 84 valence electrons. The van der Waals surface area contributed by atoms with Crippen LogP contribution in [0.15, 0.2) is 18.6 Å². The Bertz CT molecular complexity index is 259. The molecule has 0 amide bonds. The second-order valence-electron chi connectivity index (χ2n) is 4.27. The molecule has 0 aliphatic carbocycles. The van der Waals surface area contributed by atoms with Crippen LogP contribution < -0.4 is 5.32 Å². The van der Waals surface area contributed by atoms with Gasteiger partial charge in [0.15, 0.2) is 0 Å². The lowest BCUT2D eigenvalue weighted by molar-refractivity contribution is 0.422. The van der Waals surface area contributed by atoms with E-state index in [0.717, 1.165) is 25.1 Å². The van der Waals surface area contributed by atoms with E-state index in [4.69, 9.17) is 0 Å². The number of hydrogen-bond acceptors (Lipinski definition) is 3. The highest BCUT2D eigenvalue weighted by atomic mass is 14.9. The molecule has 1 aromatic rings. The van der Waals surface area contributed by atoms with Crippen LogP contribution in [0.1, 0.15) is 45.3 Å². The van der Waals surface area contributed by atoms with Crippen molar-refractivity contribution in [3.63, 3.8) is 0 Å².